The monoisotopic (exact) mass is 277 g/mol. The maximum Gasteiger partial charge on any atom is 0.251 e. The molecule has 3 N–H and O–H groups in total. The number of nitrogens with one attached hydrogen (secondary N) is 1. The highest BCUT2D eigenvalue weighted by Crippen LogP contribution is 2.24. The predicted octanol–water partition coefficient (Wildman–Crippen LogP) is 2.09. The van der Waals surface area contributed by atoms with Crippen molar-refractivity contribution in [2.75, 3.05) is 6.54 Å². The van der Waals surface area contributed by atoms with Gasteiger partial charge in [0.2, 0.25) is 0 Å². The van der Waals surface area contributed by atoms with Crippen molar-refractivity contribution in [1.29, 1.82) is 0 Å². The third kappa shape index (κ3) is 3.33. The summed E-state index contributed by atoms with van der Waals surface area (Å²) in [7, 11) is 0. The van der Waals surface area contributed by atoms with Crippen molar-refractivity contribution in [3.05, 3.63) is 52.2 Å². The fourth-order valence-corrected chi connectivity index (χ4v) is 2.46. The Morgan fingerprint density at radius 3 is 2.79 bits per heavy atom. The zero-order chi connectivity index (χ0) is 13.9. The van der Waals surface area contributed by atoms with Crippen molar-refractivity contribution in [3.8, 4) is 5.75 Å². The van der Waals surface area contributed by atoms with E-state index in [-0.39, 0.29) is 18.2 Å². The average molecular weight is 277 g/mol. The van der Waals surface area contributed by atoms with E-state index >= 15 is 0 Å². The summed E-state index contributed by atoms with van der Waals surface area (Å²) in [4.78, 5) is 12.7. The zero-order valence-corrected chi connectivity index (χ0v) is 11.3. The lowest BCUT2D eigenvalue weighted by molar-refractivity contribution is 0.0556. The normalized spacial score (nSPS) is 13.8. The zero-order valence-electron chi connectivity index (χ0n) is 10.5. The molecule has 0 bridgehead atoms. The third-order valence-electron chi connectivity index (χ3n) is 2.75. The Morgan fingerprint density at radius 2 is 2.16 bits per heavy atom. The minimum atomic E-state index is -1.10. The van der Waals surface area contributed by atoms with Crippen LogP contribution in [0.3, 0.4) is 0 Å². The number of phenolic OH excluding ortho intramolecular Hbond substituents is 1. The highest BCUT2D eigenvalue weighted by atomic mass is 32.1. The van der Waals surface area contributed by atoms with E-state index in [2.05, 4.69) is 5.32 Å². The van der Waals surface area contributed by atoms with Gasteiger partial charge in [-0.25, -0.2) is 0 Å². The van der Waals surface area contributed by atoms with Crippen LogP contribution in [0.1, 0.15) is 22.2 Å². The molecular weight excluding hydrogens is 262 g/mol. The number of phenols is 1. The third-order valence-corrected chi connectivity index (χ3v) is 3.88. The van der Waals surface area contributed by atoms with Gasteiger partial charge >= 0.3 is 0 Å². The molecule has 0 aliphatic rings. The van der Waals surface area contributed by atoms with Crippen molar-refractivity contribution < 1.29 is 15.0 Å². The quantitative estimate of drug-likeness (QED) is 0.801. The summed E-state index contributed by atoms with van der Waals surface area (Å²) >= 11 is 1.44. The first-order valence-electron chi connectivity index (χ1n) is 5.82. The molecule has 1 aromatic heterocycles. The van der Waals surface area contributed by atoms with Gasteiger partial charge in [0.05, 0.1) is 6.54 Å². The fraction of sp³-hybridized carbons (Fsp3) is 0.214. The molecule has 1 heterocycles. The van der Waals surface area contributed by atoms with Crippen LogP contribution in [0.15, 0.2) is 41.8 Å². The molecule has 19 heavy (non-hydrogen) atoms. The molecule has 0 spiro atoms. The second kappa shape index (κ2) is 5.42. The molecule has 1 aromatic carbocycles. The lowest BCUT2D eigenvalue weighted by atomic mass is 10.1. The molecule has 1 atom stereocenters. The van der Waals surface area contributed by atoms with Crippen LogP contribution in [-0.4, -0.2) is 22.7 Å². The molecule has 1 amide bonds. The largest absolute Gasteiger partial charge is 0.508 e. The average Bonchev–Trinajstić information content (AvgIpc) is 2.90. The summed E-state index contributed by atoms with van der Waals surface area (Å²) in [6.07, 6.45) is 0. The van der Waals surface area contributed by atoms with Crippen LogP contribution in [0, 0.1) is 0 Å². The fourth-order valence-electron chi connectivity index (χ4n) is 1.67. The Bertz CT molecular complexity index is 564. The standard InChI is InChI=1S/C14H15NO3S/c1-14(18,12-6-3-7-19-12)9-15-13(17)10-4-2-5-11(16)8-10/h2-8,16,18H,9H2,1H3,(H,15,17). The van der Waals surface area contributed by atoms with E-state index in [9.17, 15) is 15.0 Å². The van der Waals surface area contributed by atoms with Crippen molar-refractivity contribution in [3.63, 3.8) is 0 Å². The van der Waals surface area contributed by atoms with Gasteiger partial charge in [0.25, 0.3) is 5.91 Å². The molecular formula is C14H15NO3S. The number of aliphatic hydroxyl groups is 1. The van der Waals surface area contributed by atoms with Crippen molar-refractivity contribution in [2.45, 2.75) is 12.5 Å². The van der Waals surface area contributed by atoms with E-state index in [4.69, 9.17) is 0 Å². The van der Waals surface area contributed by atoms with Gasteiger partial charge in [0.15, 0.2) is 0 Å². The Labute approximate surface area is 115 Å². The number of carbonyl (C=O) groups excluding carboxylic acids is 1. The van der Waals surface area contributed by atoms with Crippen molar-refractivity contribution >= 4 is 17.2 Å². The summed E-state index contributed by atoms with van der Waals surface area (Å²) in [6, 6.07) is 9.76. The van der Waals surface area contributed by atoms with Crippen molar-refractivity contribution in [1.82, 2.24) is 5.32 Å². The first-order valence-corrected chi connectivity index (χ1v) is 6.70. The maximum absolute atomic E-state index is 11.9. The number of thiophene rings is 1. The maximum atomic E-state index is 11.9. The van der Waals surface area contributed by atoms with E-state index < -0.39 is 5.60 Å². The van der Waals surface area contributed by atoms with E-state index in [1.807, 2.05) is 17.5 Å². The summed E-state index contributed by atoms with van der Waals surface area (Å²) in [6.45, 7) is 1.77. The van der Waals surface area contributed by atoms with Crippen LogP contribution in [0.4, 0.5) is 0 Å². The number of hydrogen-bond donors (Lipinski definition) is 3. The van der Waals surface area contributed by atoms with Gasteiger partial charge in [0, 0.05) is 10.4 Å². The van der Waals surface area contributed by atoms with Gasteiger partial charge in [0.1, 0.15) is 11.4 Å². The number of carbonyl (C=O) groups is 1. The van der Waals surface area contributed by atoms with Crippen molar-refractivity contribution in [2.24, 2.45) is 0 Å². The van der Waals surface area contributed by atoms with Gasteiger partial charge in [-0.05, 0) is 36.6 Å². The number of hydrogen-bond acceptors (Lipinski definition) is 4. The molecule has 4 nitrogen and oxygen atoms in total. The molecule has 0 saturated carbocycles. The molecule has 1 unspecified atom stereocenters. The molecule has 0 aliphatic carbocycles. The smallest absolute Gasteiger partial charge is 0.251 e. The highest BCUT2D eigenvalue weighted by molar-refractivity contribution is 7.10. The first kappa shape index (κ1) is 13.6. The second-order valence-electron chi connectivity index (χ2n) is 4.48. The molecule has 2 aromatic rings. The first-order chi connectivity index (χ1) is 8.99. The Balaban J connectivity index is 2.01. The summed E-state index contributed by atoms with van der Waals surface area (Å²) < 4.78 is 0. The minimum absolute atomic E-state index is 0.0395. The van der Waals surface area contributed by atoms with Crippen LogP contribution < -0.4 is 5.32 Å². The van der Waals surface area contributed by atoms with Gasteiger partial charge in [-0.2, -0.15) is 0 Å². The molecule has 5 heteroatoms. The molecule has 0 fully saturated rings. The van der Waals surface area contributed by atoms with E-state index in [0.717, 1.165) is 4.88 Å². The predicted molar refractivity (Wildman–Crippen MR) is 74.3 cm³/mol. The number of rotatable bonds is 4. The van der Waals surface area contributed by atoms with Gasteiger partial charge < -0.3 is 15.5 Å². The molecule has 2 rings (SSSR count). The second-order valence-corrected chi connectivity index (χ2v) is 5.43. The van der Waals surface area contributed by atoms with Gasteiger partial charge in [-0.15, -0.1) is 11.3 Å². The molecule has 0 radical (unpaired) electrons. The Hall–Kier alpha value is -1.85. The Morgan fingerprint density at radius 1 is 1.37 bits per heavy atom. The van der Waals surface area contributed by atoms with Crippen LogP contribution in [-0.2, 0) is 5.60 Å². The molecule has 0 saturated heterocycles. The van der Waals surface area contributed by atoms with Crippen LogP contribution in [0.25, 0.3) is 0 Å². The number of aromatic hydroxyl groups is 1. The molecule has 0 aliphatic heterocycles. The minimum Gasteiger partial charge on any atom is -0.508 e. The summed E-state index contributed by atoms with van der Waals surface area (Å²) in [5.74, 6) is -0.287. The Kier molecular flexibility index (Phi) is 3.87. The van der Waals surface area contributed by atoms with Crippen LogP contribution in [0.2, 0.25) is 0 Å². The summed E-state index contributed by atoms with van der Waals surface area (Å²) in [5, 5.41) is 24.1. The highest BCUT2D eigenvalue weighted by Gasteiger charge is 2.25. The van der Waals surface area contributed by atoms with E-state index in [1.165, 1.54) is 23.5 Å². The number of amides is 1. The topological polar surface area (TPSA) is 69.6 Å². The number of benzene rings is 1. The molecule has 100 valence electrons. The van der Waals surface area contributed by atoms with Gasteiger partial charge in [-0.3, -0.25) is 4.79 Å². The van der Waals surface area contributed by atoms with Crippen LogP contribution >= 0.6 is 11.3 Å². The SMILES string of the molecule is CC(O)(CNC(=O)c1cccc(O)c1)c1cccs1. The lowest BCUT2D eigenvalue weighted by Crippen LogP contribution is -2.38. The van der Waals surface area contributed by atoms with E-state index in [0.29, 0.717) is 5.56 Å². The van der Waals surface area contributed by atoms with E-state index in [1.54, 1.807) is 19.1 Å². The summed E-state index contributed by atoms with van der Waals surface area (Å²) in [5.41, 5.74) is -0.734. The lowest BCUT2D eigenvalue weighted by Gasteiger charge is -2.22. The van der Waals surface area contributed by atoms with Gasteiger partial charge in [-0.1, -0.05) is 12.1 Å². The van der Waals surface area contributed by atoms with Crippen LogP contribution in [0.5, 0.6) is 5.75 Å².